The number of hydrogen-bond donors (Lipinski definition) is 2. The number of likely N-dealkylation sites (N-methyl/N-ethyl adjacent to an activating group) is 1. The van der Waals surface area contributed by atoms with Crippen molar-refractivity contribution in [1.29, 1.82) is 0 Å². The van der Waals surface area contributed by atoms with Crippen LogP contribution >= 0.6 is 0 Å². The summed E-state index contributed by atoms with van der Waals surface area (Å²) in [7, 11) is 1.78. The van der Waals surface area contributed by atoms with Gasteiger partial charge in [-0.3, -0.25) is 4.90 Å². The molecule has 0 amide bonds. The van der Waals surface area contributed by atoms with E-state index in [9.17, 15) is 15.0 Å². The highest BCUT2D eigenvalue weighted by molar-refractivity contribution is 5.78. The fraction of sp³-hybridized carbons (Fsp3) is 0.533. The van der Waals surface area contributed by atoms with Gasteiger partial charge in [0.1, 0.15) is 11.8 Å². The van der Waals surface area contributed by atoms with E-state index >= 15 is 0 Å². The van der Waals surface area contributed by atoms with Crippen LogP contribution in [0, 0.1) is 0 Å². The van der Waals surface area contributed by atoms with Crippen molar-refractivity contribution in [2.24, 2.45) is 0 Å². The second-order valence-corrected chi connectivity index (χ2v) is 5.19. The maximum Gasteiger partial charge on any atom is 0.328 e. The Labute approximate surface area is 118 Å². The van der Waals surface area contributed by atoms with E-state index in [4.69, 9.17) is 4.74 Å². The molecule has 0 unspecified atom stereocenters. The summed E-state index contributed by atoms with van der Waals surface area (Å²) in [5.41, 5.74) is 1.30. The number of β-amino-alcohol motifs (C(OH)–C–C–N with tert-alkyl or cyclic N) is 1. The first-order chi connectivity index (χ1) is 9.54. The zero-order valence-corrected chi connectivity index (χ0v) is 11.9. The Hall–Kier alpha value is -1.59. The van der Waals surface area contributed by atoms with E-state index in [-0.39, 0.29) is 11.7 Å². The van der Waals surface area contributed by atoms with E-state index in [1.165, 1.54) is 12.1 Å². The molecule has 1 aliphatic heterocycles. The van der Waals surface area contributed by atoms with Crippen LogP contribution in [-0.4, -0.2) is 41.3 Å². The molecule has 1 aromatic carbocycles. The van der Waals surface area contributed by atoms with Crippen LogP contribution in [0.15, 0.2) is 18.2 Å². The Morgan fingerprint density at radius 1 is 1.45 bits per heavy atom. The Kier molecular flexibility index (Phi) is 4.62. The first kappa shape index (κ1) is 14.8. The van der Waals surface area contributed by atoms with E-state index < -0.39 is 12.1 Å². The molecule has 0 aromatic heterocycles. The third kappa shape index (κ3) is 2.94. The molecule has 0 radical (unpaired) electrons. The van der Waals surface area contributed by atoms with Crippen molar-refractivity contribution < 1.29 is 19.7 Å². The first-order valence-corrected chi connectivity index (χ1v) is 6.92. The minimum Gasteiger partial charge on any atom is -0.508 e. The number of esters is 1. The van der Waals surface area contributed by atoms with Gasteiger partial charge in [-0.2, -0.15) is 0 Å². The van der Waals surface area contributed by atoms with Crippen molar-refractivity contribution in [1.82, 2.24) is 4.90 Å². The highest BCUT2D eigenvalue weighted by atomic mass is 16.5. The van der Waals surface area contributed by atoms with E-state index in [0.29, 0.717) is 24.3 Å². The van der Waals surface area contributed by atoms with Gasteiger partial charge in [-0.05, 0) is 36.7 Å². The SMILES string of the molecule is CCCCOC(=O)[C@H]1c2ccc(O)cc2[C@@H](O)CN1C. The lowest BCUT2D eigenvalue weighted by molar-refractivity contribution is -0.151. The fourth-order valence-electron chi connectivity index (χ4n) is 2.52. The van der Waals surface area contributed by atoms with Crippen molar-refractivity contribution >= 4 is 5.97 Å². The Balaban J connectivity index is 2.25. The standard InChI is InChI=1S/C15H21NO4/c1-3-4-7-20-15(19)14-11-6-5-10(17)8-12(11)13(18)9-16(14)2/h5-6,8,13-14,17-18H,3-4,7,9H2,1-2H3/t13-,14+/m0/s1. The average Bonchev–Trinajstić information content (AvgIpc) is 2.40. The van der Waals surface area contributed by atoms with Crippen LogP contribution in [0.4, 0.5) is 0 Å². The van der Waals surface area contributed by atoms with E-state index in [1.807, 2.05) is 6.92 Å². The third-order valence-electron chi connectivity index (χ3n) is 3.59. The average molecular weight is 279 g/mol. The molecular weight excluding hydrogens is 258 g/mol. The number of carbonyl (C=O) groups excluding carboxylic acids is 1. The van der Waals surface area contributed by atoms with Crippen LogP contribution in [0.5, 0.6) is 5.75 Å². The second-order valence-electron chi connectivity index (χ2n) is 5.19. The van der Waals surface area contributed by atoms with Gasteiger partial charge in [0.25, 0.3) is 0 Å². The number of ether oxygens (including phenoxy) is 1. The highest BCUT2D eigenvalue weighted by Crippen LogP contribution is 2.36. The lowest BCUT2D eigenvalue weighted by Crippen LogP contribution is -2.40. The molecule has 1 aliphatic rings. The largest absolute Gasteiger partial charge is 0.508 e. The number of hydrogen-bond acceptors (Lipinski definition) is 5. The Bertz CT molecular complexity index is 489. The van der Waals surface area contributed by atoms with Gasteiger partial charge in [-0.15, -0.1) is 0 Å². The number of carbonyl (C=O) groups is 1. The van der Waals surface area contributed by atoms with Crippen LogP contribution in [0.3, 0.4) is 0 Å². The fourth-order valence-corrected chi connectivity index (χ4v) is 2.52. The molecule has 1 heterocycles. The monoisotopic (exact) mass is 279 g/mol. The molecule has 0 bridgehead atoms. The first-order valence-electron chi connectivity index (χ1n) is 6.92. The summed E-state index contributed by atoms with van der Waals surface area (Å²) in [6.07, 6.45) is 1.10. The normalized spacial score (nSPS) is 22.4. The van der Waals surface area contributed by atoms with Crippen molar-refractivity contribution in [2.75, 3.05) is 20.2 Å². The number of phenols is 1. The summed E-state index contributed by atoms with van der Waals surface area (Å²) < 4.78 is 5.29. The van der Waals surface area contributed by atoms with Gasteiger partial charge in [0, 0.05) is 6.54 Å². The van der Waals surface area contributed by atoms with E-state index in [0.717, 1.165) is 12.8 Å². The molecule has 2 atom stereocenters. The molecular formula is C15H21NO4. The maximum atomic E-state index is 12.2. The number of benzene rings is 1. The molecule has 2 rings (SSSR count). The number of aliphatic hydroxyl groups excluding tert-OH is 1. The maximum absolute atomic E-state index is 12.2. The minimum atomic E-state index is -0.707. The van der Waals surface area contributed by atoms with Crippen molar-refractivity contribution in [3.8, 4) is 5.75 Å². The van der Waals surface area contributed by atoms with E-state index in [1.54, 1.807) is 18.0 Å². The number of aliphatic hydroxyl groups is 1. The van der Waals surface area contributed by atoms with Gasteiger partial charge in [0.2, 0.25) is 0 Å². The summed E-state index contributed by atoms with van der Waals surface area (Å²) in [5, 5.41) is 19.6. The third-order valence-corrected chi connectivity index (χ3v) is 3.59. The van der Waals surface area contributed by atoms with Crippen LogP contribution in [0.2, 0.25) is 0 Å². The van der Waals surface area contributed by atoms with E-state index in [2.05, 4.69) is 0 Å². The van der Waals surface area contributed by atoms with Gasteiger partial charge < -0.3 is 14.9 Å². The molecule has 0 fully saturated rings. The summed E-state index contributed by atoms with van der Waals surface area (Å²) >= 11 is 0. The molecule has 5 nitrogen and oxygen atoms in total. The molecule has 0 aliphatic carbocycles. The molecule has 0 spiro atoms. The number of nitrogens with zero attached hydrogens (tertiary/aromatic N) is 1. The zero-order valence-electron chi connectivity index (χ0n) is 11.9. The molecule has 2 N–H and O–H groups in total. The van der Waals surface area contributed by atoms with Gasteiger partial charge in [0.15, 0.2) is 0 Å². The van der Waals surface area contributed by atoms with Gasteiger partial charge >= 0.3 is 5.97 Å². The number of unbranched alkanes of at least 4 members (excludes halogenated alkanes) is 1. The number of fused-ring (bicyclic) bond motifs is 1. The number of phenolic OH excluding ortho intramolecular Hbond substituents is 1. The molecule has 1 aromatic rings. The summed E-state index contributed by atoms with van der Waals surface area (Å²) in [6, 6.07) is 4.19. The zero-order chi connectivity index (χ0) is 14.7. The summed E-state index contributed by atoms with van der Waals surface area (Å²) in [4.78, 5) is 14.0. The summed E-state index contributed by atoms with van der Waals surface area (Å²) in [5.74, 6) is -0.217. The molecule has 5 heteroatoms. The van der Waals surface area contributed by atoms with Crippen LogP contribution in [0.1, 0.15) is 43.0 Å². The van der Waals surface area contributed by atoms with Gasteiger partial charge in [0.05, 0.1) is 12.7 Å². The predicted molar refractivity (Wildman–Crippen MR) is 74.3 cm³/mol. The summed E-state index contributed by atoms with van der Waals surface area (Å²) in [6.45, 7) is 2.79. The van der Waals surface area contributed by atoms with Gasteiger partial charge in [-0.25, -0.2) is 4.79 Å². The lowest BCUT2D eigenvalue weighted by Gasteiger charge is -2.35. The van der Waals surface area contributed by atoms with Crippen molar-refractivity contribution in [2.45, 2.75) is 31.9 Å². The Morgan fingerprint density at radius 3 is 2.90 bits per heavy atom. The number of rotatable bonds is 4. The van der Waals surface area contributed by atoms with Crippen LogP contribution < -0.4 is 0 Å². The smallest absolute Gasteiger partial charge is 0.328 e. The lowest BCUT2D eigenvalue weighted by atomic mass is 9.91. The highest BCUT2D eigenvalue weighted by Gasteiger charge is 2.35. The Morgan fingerprint density at radius 2 is 2.20 bits per heavy atom. The minimum absolute atomic E-state index is 0.0884. The van der Waals surface area contributed by atoms with Gasteiger partial charge in [-0.1, -0.05) is 19.4 Å². The molecule has 0 saturated heterocycles. The van der Waals surface area contributed by atoms with Crippen LogP contribution in [-0.2, 0) is 9.53 Å². The van der Waals surface area contributed by atoms with Crippen molar-refractivity contribution in [3.63, 3.8) is 0 Å². The van der Waals surface area contributed by atoms with Crippen molar-refractivity contribution in [3.05, 3.63) is 29.3 Å². The predicted octanol–water partition coefficient (Wildman–Crippen LogP) is 1.76. The number of aromatic hydroxyl groups is 1. The molecule has 110 valence electrons. The molecule has 0 saturated carbocycles. The topological polar surface area (TPSA) is 70.0 Å². The second kappa shape index (κ2) is 6.24. The van der Waals surface area contributed by atoms with Crippen LogP contribution in [0.25, 0.3) is 0 Å². The molecule has 20 heavy (non-hydrogen) atoms. The quantitative estimate of drug-likeness (QED) is 0.649.